The SMILES string of the molecule is CNC(=O)COc1ccc(S(=O)(=O)NC(C)(C)C)cc1Cl. The number of rotatable bonds is 5. The Morgan fingerprint density at radius 3 is 2.43 bits per heavy atom. The van der Waals surface area contributed by atoms with E-state index >= 15 is 0 Å². The molecule has 0 radical (unpaired) electrons. The Bertz CT molecular complexity index is 624. The molecule has 0 aliphatic carbocycles. The molecular weight excluding hydrogens is 316 g/mol. The molecule has 0 saturated carbocycles. The molecule has 0 bridgehead atoms. The van der Waals surface area contributed by atoms with Gasteiger partial charge in [0.1, 0.15) is 5.75 Å². The highest BCUT2D eigenvalue weighted by atomic mass is 35.5. The van der Waals surface area contributed by atoms with E-state index in [0.717, 1.165) is 0 Å². The summed E-state index contributed by atoms with van der Waals surface area (Å²) in [6.07, 6.45) is 0. The fraction of sp³-hybridized carbons (Fsp3) is 0.462. The van der Waals surface area contributed by atoms with E-state index in [1.165, 1.54) is 25.2 Å². The molecule has 0 saturated heterocycles. The van der Waals surface area contributed by atoms with Gasteiger partial charge in [0.25, 0.3) is 5.91 Å². The van der Waals surface area contributed by atoms with E-state index in [0.29, 0.717) is 0 Å². The lowest BCUT2D eigenvalue weighted by Gasteiger charge is -2.20. The summed E-state index contributed by atoms with van der Waals surface area (Å²) < 4.78 is 32.0. The number of benzene rings is 1. The predicted octanol–water partition coefficient (Wildman–Crippen LogP) is 1.54. The molecule has 1 rings (SSSR count). The molecule has 21 heavy (non-hydrogen) atoms. The van der Waals surface area contributed by atoms with Crippen molar-refractivity contribution in [3.05, 3.63) is 23.2 Å². The molecule has 0 aromatic heterocycles. The summed E-state index contributed by atoms with van der Waals surface area (Å²) in [5, 5.41) is 2.52. The minimum atomic E-state index is -3.66. The van der Waals surface area contributed by atoms with Crippen molar-refractivity contribution < 1.29 is 17.9 Å². The summed E-state index contributed by atoms with van der Waals surface area (Å²) in [4.78, 5) is 11.1. The Morgan fingerprint density at radius 2 is 1.95 bits per heavy atom. The standard InChI is InChI=1S/C13H19ClN2O4S/c1-13(2,3)16-21(18,19)9-5-6-11(10(14)7-9)20-8-12(17)15-4/h5-7,16H,8H2,1-4H3,(H,15,17). The first-order chi connectivity index (χ1) is 9.55. The van der Waals surface area contributed by atoms with Crippen molar-refractivity contribution in [2.24, 2.45) is 0 Å². The van der Waals surface area contributed by atoms with Gasteiger partial charge in [-0.15, -0.1) is 0 Å². The zero-order valence-corrected chi connectivity index (χ0v) is 13.9. The van der Waals surface area contributed by atoms with Crippen LogP contribution in [-0.2, 0) is 14.8 Å². The van der Waals surface area contributed by atoms with Crippen LogP contribution in [-0.4, -0.2) is 33.5 Å². The number of hydrogen-bond acceptors (Lipinski definition) is 4. The zero-order valence-electron chi connectivity index (χ0n) is 12.4. The number of halogens is 1. The largest absolute Gasteiger partial charge is 0.482 e. The summed E-state index contributed by atoms with van der Waals surface area (Å²) in [5.41, 5.74) is -0.598. The van der Waals surface area contributed by atoms with Crippen molar-refractivity contribution in [3.8, 4) is 5.75 Å². The second kappa shape index (κ2) is 6.64. The Kier molecular flexibility index (Phi) is 5.61. The maximum atomic E-state index is 12.1. The van der Waals surface area contributed by atoms with Gasteiger partial charge in [0, 0.05) is 12.6 Å². The highest BCUT2D eigenvalue weighted by Gasteiger charge is 2.22. The second-order valence-corrected chi connectivity index (χ2v) is 7.50. The Hall–Kier alpha value is -1.31. The Balaban J connectivity index is 2.94. The molecule has 0 spiro atoms. The smallest absolute Gasteiger partial charge is 0.257 e. The molecule has 118 valence electrons. The van der Waals surface area contributed by atoms with Crippen LogP contribution in [0.3, 0.4) is 0 Å². The molecule has 0 aliphatic heterocycles. The number of amides is 1. The van der Waals surface area contributed by atoms with Crippen LogP contribution in [0.2, 0.25) is 5.02 Å². The molecule has 1 amide bonds. The van der Waals surface area contributed by atoms with Crippen molar-refractivity contribution in [2.75, 3.05) is 13.7 Å². The van der Waals surface area contributed by atoms with E-state index in [2.05, 4.69) is 10.0 Å². The minimum Gasteiger partial charge on any atom is -0.482 e. The summed E-state index contributed by atoms with van der Waals surface area (Å²) in [6, 6.07) is 4.08. The topological polar surface area (TPSA) is 84.5 Å². The summed E-state index contributed by atoms with van der Waals surface area (Å²) in [5.74, 6) is -0.0628. The van der Waals surface area contributed by atoms with Crippen LogP contribution in [0.4, 0.5) is 0 Å². The van der Waals surface area contributed by atoms with E-state index in [9.17, 15) is 13.2 Å². The van der Waals surface area contributed by atoms with Gasteiger partial charge in [0.15, 0.2) is 6.61 Å². The molecule has 0 fully saturated rings. The number of likely N-dealkylation sites (N-methyl/N-ethyl adjacent to an activating group) is 1. The third kappa shape index (κ3) is 5.53. The van der Waals surface area contributed by atoms with Crippen LogP contribution in [0, 0.1) is 0 Å². The average molecular weight is 335 g/mol. The predicted molar refractivity (Wildman–Crippen MR) is 81.1 cm³/mol. The summed E-state index contributed by atoms with van der Waals surface area (Å²) in [6.45, 7) is 5.04. The van der Waals surface area contributed by atoms with Gasteiger partial charge in [-0.05, 0) is 39.0 Å². The van der Waals surface area contributed by atoms with Crippen molar-refractivity contribution in [3.63, 3.8) is 0 Å². The minimum absolute atomic E-state index is 0.0368. The quantitative estimate of drug-likeness (QED) is 0.855. The third-order valence-corrected chi connectivity index (χ3v) is 4.34. The highest BCUT2D eigenvalue weighted by molar-refractivity contribution is 7.89. The second-order valence-electron chi connectivity index (χ2n) is 5.41. The van der Waals surface area contributed by atoms with Gasteiger partial charge in [-0.2, -0.15) is 0 Å². The first kappa shape index (κ1) is 17.7. The molecule has 0 unspecified atom stereocenters. The van der Waals surface area contributed by atoms with Crippen molar-refractivity contribution in [1.29, 1.82) is 0 Å². The lowest BCUT2D eigenvalue weighted by Crippen LogP contribution is -2.40. The van der Waals surface area contributed by atoms with Crippen LogP contribution in [0.25, 0.3) is 0 Å². The van der Waals surface area contributed by atoms with Crippen molar-refractivity contribution >= 4 is 27.5 Å². The zero-order chi connectivity index (χ0) is 16.3. The van der Waals surface area contributed by atoms with Gasteiger partial charge < -0.3 is 10.1 Å². The normalized spacial score (nSPS) is 12.0. The van der Waals surface area contributed by atoms with Gasteiger partial charge in [-0.3, -0.25) is 4.79 Å². The number of nitrogens with one attached hydrogen (secondary N) is 2. The molecule has 8 heteroatoms. The maximum Gasteiger partial charge on any atom is 0.257 e. The molecule has 2 N–H and O–H groups in total. The van der Waals surface area contributed by atoms with Gasteiger partial charge in [0.05, 0.1) is 9.92 Å². The number of carbonyl (C=O) groups excluding carboxylic acids is 1. The van der Waals surface area contributed by atoms with E-state index in [1.54, 1.807) is 20.8 Å². The molecule has 0 atom stereocenters. The van der Waals surface area contributed by atoms with Gasteiger partial charge >= 0.3 is 0 Å². The fourth-order valence-corrected chi connectivity index (χ4v) is 3.19. The number of hydrogen-bond donors (Lipinski definition) is 2. The van der Waals surface area contributed by atoms with Crippen LogP contribution in [0.5, 0.6) is 5.75 Å². The third-order valence-electron chi connectivity index (χ3n) is 2.29. The lowest BCUT2D eigenvalue weighted by atomic mass is 10.1. The van der Waals surface area contributed by atoms with Crippen LogP contribution < -0.4 is 14.8 Å². The Labute approximate surface area is 129 Å². The van der Waals surface area contributed by atoms with Crippen molar-refractivity contribution in [1.82, 2.24) is 10.0 Å². The molecule has 0 heterocycles. The fourth-order valence-electron chi connectivity index (χ4n) is 1.44. The summed E-state index contributed by atoms with van der Waals surface area (Å²) in [7, 11) is -2.18. The van der Waals surface area contributed by atoms with Crippen molar-refractivity contribution in [2.45, 2.75) is 31.2 Å². The molecule has 6 nitrogen and oxygen atoms in total. The lowest BCUT2D eigenvalue weighted by molar-refractivity contribution is -0.122. The van der Waals surface area contributed by atoms with Crippen LogP contribution in [0.15, 0.2) is 23.1 Å². The van der Waals surface area contributed by atoms with Crippen LogP contribution in [0.1, 0.15) is 20.8 Å². The first-order valence-electron chi connectivity index (χ1n) is 6.22. The average Bonchev–Trinajstić information content (AvgIpc) is 2.33. The molecule has 1 aromatic rings. The van der Waals surface area contributed by atoms with E-state index in [-0.39, 0.29) is 28.2 Å². The monoisotopic (exact) mass is 334 g/mol. The number of sulfonamides is 1. The van der Waals surface area contributed by atoms with E-state index in [4.69, 9.17) is 16.3 Å². The highest BCUT2D eigenvalue weighted by Crippen LogP contribution is 2.27. The summed E-state index contributed by atoms with van der Waals surface area (Å²) >= 11 is 5.98. The molecule has 0 aliphatic rings. The van der Waals surface area contributed by atoms with Crippen LogP contribution >= 0.6 is 11.6 Å². The van der Waals surface area contributed by atoms with E-state index in [1.807, 2.05) is 0 Å². The maximum absolute atomic E-state index is 12.1. The van der Waals surface area contributed by atoms with Gasteiger partial charge in [0.2, 0.25) is 10.0 Å². The first-order valence-corrected chi connectivity index (χ1v) is 8.08. The van der Waals surface area contributed by atoms with Gasteiger partial charge in [-0.1, -0.05) is 11.6 Å². The number of ether oxygens (including phenoxy) is 1. The van der Waals surface area contributed by atoms with E-state index < -0.39 is 15.6 Å². The molecular formula is C13H19ClN2O4S. The number of carbonyl (C=O) groups is 1. The van der Waals surface area contributed by atoms with Gasteiger partial charge in [-0.25, -0.2) is 13.1 Å². The molecule has 1 aromatic carbocycles. The Morgan fingerprint density at radius 1 is 1.33 bits per heavy atom.